The minimum Gasteiger partial charge on any atom is -0.445 e. The number of halogens is 1. The average molecular weight is 328 g/mol. The molecule has 0 saturated carbocycles. The lowest BCUT2D eigenvalue weighted by atomic mass is 9.88. The molecule has 7 heteroatoms. The van der Waals surface area contributed by atoms with E-state index in [1.807, 2.05) is 30.3 Å². The van der Waals surface area contributed by atoms with E-state index in [1.54, 1.807) is 11.9 Å². The van der Waals surface area contributed by atoms with Crippen molar-refractivity contribution in [1.82, 2.24) is 10.2 Å². The summed E-state index contributed by atoms with van der Waals surface area (Å²) < 4.78 is 5.27. The van der Waals surface area contributed by atoms with Crippen molar-refractivity contribution in [2.24, 2.45) is 5.73 Å². The summed E-state index contributed by atoms with van der Waals surface area (Å²) >= 11 is 0. The first kappa shape index (κ1) is 18.3. The van der Waals surface area contributed by atoms with E-state index in [0.29, 0.717) is 25.9 Å². The molecule has 1 aromatic rings. The summed E-state index contributed by atoms with van der Waals surface area (Å²) in [6.45, 7) is 1.11. The fourth-order valence-electron chi connectivity index (χ4n) is 2.37. The number of likely N-dealkylation sites (tertiary alicyclic amines) is 1. The number of carbonyl (C=O) groups excluding carboxylic acids is 2. The van der Waals surface area contributed by atoms with Gasteiger partial charge in [-0.3, -0.25) is 4.79 Å². The molecule has 22 heavy (non-hydrogen) atoms. The van der Waals surface area contributed by atoms with Crippen molar-refractivity contribution in [3.63, 3.8) is 0 Å². The van der Waals surface area contributed by atoms with Gasteiger partial charge in [0.1, 0.15) is 6.61 Å². The molecule has 0 aliphatic carbocycles. The fraction of sp³-hybridized carbons (Fsp3) is 0.467. The van der Waals surface area contributed by atoms with Crippen LogP contribution in [0.25, 0.3) is 0 Å². The van der Waals surface area contributed by atoms with E-state index in [-0.39, 0.29) is 31.0 Å². The van der Waals surface area contributed by atoms with Crippen LogP contribution < -0.4 is 11.1 Å². The number of amides is 2. The highest BCUT2D eigenvalue weighted by atomic mass is 35.5. The number of rotatable bonds is 3. The van der Waals surface area contributed by atoms with Gasteiger partial charge in [0.2, 0.25) is 5.91 Å². The number of ether oxygens (including phenoxy) is 1. The zero-order chi connectivity index (χ0) is 15.3. The Morgan fingerprint density at radius 3 is 2.41 bits per heavy atom. The van der Waals surface area contributed by atoms with Crippen LogP contribution in [0.15, 0.2) is 30.3 Å². The number of piperidine rings is 1. The summed E-state index contributed by atoms with van der Waals surface area (Å²) in [5.74, 6) is -0.181. The van der Waals surface area contributed by atoms with Crippen molar-refractivity contribution in [2.75, 3.05) is 20.1 Å². The van der Waals surface area contributed by atoms with Crippen LogP contribution in [0.3, 0.4) is 0 Å². The third-order valence-electron chi connectivity index (χ3n) is 3.80. The number of hydrogen-bond donors (Lipinski definition) is 2. The predicted octanol–water partition coefficient (Wildman–Crippen LogP) is 1.28. The first-order chi connectivity index (χ1) is 10.0. The molecular formula is C15H22ClN3O3. The molecule has 0 unspecified atom stereocenters. The second-order valence-corrected chi connectivity index (χ2v) is 5.26. The van der Waals surface area contributed by atoms with E-state index in [0.717, 1.165) is 5.56 Å². The van der Waals surface area contributed by atoms with Crippen LogP contribution in [0.4, 0.5) is 4.79 Å². The summed E-state index contributed by atoms with van der Waals surface area (Å²) in [4.78, 5) is 25.3. The molecule has 2 amide bonds. The maximum absolute atomic E-state index is 12.0. The highest BCUT2D eigenvalue weighted by Crippen LogP contribution is 2.20. The molecule has 0 radical (unpaired) electrons. The van der Waals surface area contributed by atoms with E-state index in [4.69, 9.17) is 10.5 Å². The van der Waals surface area contributed by atoms with Crippen LogP contribution in [0.1, 0.15) is 18.4 Å². The Bertz CT molecular complexity index is 502. The van der Waals surface area contributed by atoms with Crippen LogP contribution in [-0.2, 0) is 16.1 Å². The van der Waals surface area contributed by atoms with Crippen molar-refractivity contribution < 1.29 is 14.3 Å². The van der Waals surface area contributed by atoms with Gasteiger partial charge in [0.05, 0.1) is 5.54 Å². The molecule has 6 nitrogen and oxygen atoms in total. The molecule has 0 atom stereocenters. The largest absolute Gasteiger partial charge is 0.445 e. The molecule has 1 aromatic carbocycles. The zero-order valence-electron chi connectivity index (χ0n) is 12.6. The summed E-state index contributed by atoms with van der Waals surface area (Å²) in [6.07, 6.45) is 0.512. The Morgan fingerprint density at radius 1 is 1.27 bits per heavy atom. The van der Waals surface area contributed by atoms with Gasteiger partial charge in [0.15, 0.2) is 0 Å². The summed E-state index contributed by atoms with van der Waals surface area (Å²) in [5, 5.41) is 2.57. The van der Waals surface area contributed by atoms with E-state index in [1.165, 1.54) is 0 Å². The molecule has 1 heterocycles. The molecule has 0 aromatic heterocycles. The molecule has 1 fully saturated rings. The van der Waals surface area contributed by atoms with Crippen LogP contribution in [0.2, 0.25) is 0 Å². The van der Waals surface area contributed by atoms with Crippen LogP contribution in [-0.4, -0.2) is 42.6 Å². The van der Waals surface area contributed by atoms with Crippen molar-refractivity contribution in [2.45, 2.75) is 25.0 Å². The first-order valence-electron chi connectivity index (χ1n) is 7.02. The smallest absolute Gasteiger partial charge is 0.410 e. The molecule has 2 rings (SSSR count). The molecule has 122 valence electrons. The maximum Gasteiger partial charge on any atom is 0.410 e. The fourth-order valence-corrected chi connectivity index (χ4v) is 2.37. The Hall–Kier alpha value is -1.79. The lowest BCUT2D eigenvalue weighted by molar-refractivity contribution is -0.127. The number of carbonyl (C=O) groups is 2. The number of nitrogens with zero attached hydrogens (tertiary/aromatic N) is 1. The van der Waals surface area contributed by atoms with Gasteiger partial charge in [0.25, 0.3) is 0 Å². The minimum absolute atomic E-state index is 0. The maximum atomic E-state index is 12.0. The predicted molar refractivity (Wildman–Crippen MR) is 85.7 cm³/mol. The summed E-state index contributed by atoms with van der Waals surface area (Å²) in [7, 11) is 1.57. The van der Waals surface area contributed by atoms with Gasteiger partial charge in [0, 0.05) is 20.1 Å². The molecule has 0 spiro atoms. The van der Waals surface area contributed by atoms with Gasteiger partial charge < -0.3 is 20.7 Å². The summed E-state index contributed by atoms with van der Waals surface area (Å²) in [6, 6.07) is 9.52. The molecule has 1 aliphatic rings. The molecular weight excluding hydrogens is 306 g/mol. The lowest BCUT2D eigenvalue weighted by Gasteiger charge is -2.37. The van der Waals surface area contributed by atoms with Gasteiger partial charge in [-0.25, -0.2) is 4.79 Å². The van der Waals surface area contributed by atoms with Gasteiger partial charge >= 0.3 is 6.09 Å². The Labute approximate surface area is 136 Å². The molecule has 1 aliphatic heterocycles. The van der Waals surface area contributed by atoms with Crippen LogP contribution in [0.5, 0.6) is 0 Å². The van der Waals surface area contributed by atoms with Gasteiger partial charge in [-0.05, 0) is 18.4 Å². The quantitative estimate of drug-likeness (QED) is 0.876. The first-order valence-corrected chi connectivity index (χ1v) is 7.02. The van der Waals surface area contributed by atoms with Crippen molar-refractivity contribution >= 4 is 24.4 Å². The summed E-state index contributed by atoms with van der Waals surface area (Å²) in [5.41, 5.74) is 6.11. The van der Waals surface area contributed by atoms with E-state index < -0.39 is 5.54 Å². The topological polar surface area (TPSA) is 84.7 Å². The highest BCUT2D eigenvalue weighted by molar-refractivity contribution is 5.86. The lowest BCUT2D eigenvalue weighted by Crippen LogP contribution is -2.59. The van der Waals surface area contributed by atoms with Crippen molar-refractivity contribution in [1.29, 1.82) is 0 Å². The Morgan fingerprint density at radius 2 is 1.86 bits per heavy atom. The average Bonchev–Trinajstić information content (AvgIpc) is 2.53. The number of benzene rings is 1. The van der Waals surface area contributed by atoms with Crippen LogP contribution in [0, 0.1) is 0 Å². The number of likely N-dealkylation sites (N-methyl/N-ethyl adjacent to an activating group) is 1. The molecule has 1 saturated heterocycles. The third kappa shape index (κ3) is 4.35. The van der Waals surface area contributed by atoms with E-state index >= 15 is 0 Å². The highest BCUT2D eigenvalue weighted by Gasteiger charge is 2.38. The standard InChI is InChI=1S/C15H21N3O3.ClH/c1-17-13(19)15(16)7-9-18(10-8-15)14(20)21-11-12-5-3-2-4-6-12;/h2-6H,7-11,16H2,1H3,(H,17,19);1H. The SMILES string of the molecule is CNC(=O)C1(N)CCN(C(=O)OCc2ccccc2)CC1.Cl. The molecule has 0 bridgehead atoms. The Kier molecular flexibility index (Phi) is 6.64. The van der Waals surface area contributed by atoms with Crippen LogP contribution >= 0.6 is 12.4 Å². The monoisotopic (exact) mass is 327 g/mol. The van der Waals surface area contributed by atoms with Crippen molar-refractivity contribution in [3.05, 3.63) is 35.9 Å². The normalized spacial score (nSPS) is 16.4. The Balaban J connectivity index is 0.00000242. The second kappa shape index (κ2) is 8.00. The molecule has 3 N–H and O–H groups in total. The third-order valence-corrected chi connectivity index (χ3v) is 3.80. The number of nitrogens with one attached hydrogen (secondary N) is 1. The van der Waals surface area contributed by atoms with E-state index in [2.05, 4.69) is 5.32 Å². The van der Waals surface area contributed by atoms with Gasteiger partial charge in [-0.2, -0.15) is 0 Å². The number of hydrogen-bond acceptors (Lipinski definition) is 4. The van der Waals surface area contributed by atoms with E-state index in [9.17, 15) is 9.59 Å². The van der Waals surface area contributed by atoms with Gasteiger partial charge in [-0.15, -0.1) is 12.4 Å². The minimum atomic E-state index is -0.884. The zero-order valence-corrected chi connectivity index (χ0v) is 13.4. The van der Waals surface area contributed by atoms with Crippen molar-refractivity contribution in [3.8, 4) is 0 Å². The second-order valence-electron chi connectivity index (χ2n) is 5.26. The van der Waals surface area contributed by atoms with Gasteiger partial charge in [-0.1, -0.05) is 30.3 Å². The number of nitrogens with two attached hydrogens (primary N) is 1.